The number of anilines is 1. The Kier molecular flexibility index (Phi) is 5.78. The molecule has 1 N–H and O–H groups in total. The molecule has 0 radical (unpaired) electrons. The quantitative estimate of drug-likeness (QED) is 0.650. The molecule has 0 saturated carbocycles. The number of hydrogen-bond donors (Lipinski definition) is 1. The average Bonchev–Trinajstić information content (AvgIpc) is 2.56. The first-order valence-electron chi connectivity index (χ1n) is 7.44. The summed E-state index contributed by atoms with van der Waals surface area (Å²) in [5, 5.41) is 2.80. The molecule has 2 rings (SSSR count). The molecule has 2 aromatic carbocycles. The molecule has 2 aromatic rings. The van der Waals surface area contributed by atoms with Gasteiger partial charge in [-0.1, -0.05) is 12.1 Å². The molecule has 0 aliphatic heterocycles. The smallest absolute Gasteiger partial charge is 0.308 e. The number of methoxy groups -OCH3 is 1. The number of nitrogens with one attached hydrogen (secondary N) is 1. The predicted molar refractivity (Wildman–Crippen MR) is 89.9 cm³/mol. The van der Waals surface area contributed by atoms with Gasteiger partial charge in [0.2, 0.25) is 0 Å². The Morgan fingerprint density at radius 3 is 2.46 bits per heavy atom. The van der Waals surface area contributed by atoms with Crippen molar-refractivity contribution in [3.05, 3.63) is 48.0 Å². The number of para-hydroxylation sites is 2. The number of amides is 1. The van der Waals surface area contributed by atoms with Gasteiger partial charge in [0, 0.05) is 12.5 Å². The molecule has 0 fully saturated rings. The van der Waals surface area contributed by atoms with E-state index in [0.717, 1.165) is 0 Å². The lowest BCUT2D eigenvalue weighted by atomic mass is 10.1. The molecular formula is C18H19NO5. The Labute approximate surface area is 140 Å². The van der Waals surface area contributed by atoms with E-state index in [1.165, 1.54) is 26.2 Å². The summed E-state index contributed by atoms with van der Waals surface area (Å²) in [6, 6.07) is 11.8. The molecule has 0 aliphatic carbocycles. The number of rotatable bonds is 6. The SMILES string of the molecule is CCOc1ccccc1NC(=O)c1ccc(OC(C)=O)c(OC)c1. The monoisotopic (exact) mass is 329 g/mol. The lowest BCUT2D eigenvalue weighted by molar-refractivity contribution is -0.132. The maximum absolute atomic E-state index is 12.4. The number of esters is 1. The summed E-state index contributed by atoms with van der Waals surface area (Å²) in [5.74, 6) is 0.370. The highest BCUT2D eigenvalue weighted by Gasteiger charge is 2.14. The Hall–Kier alpha value is -3.02. The first-order valence-corrected chi connectivity index (χ1v) is 7.44. The minimum Gasteiger partial charge on any atom is -0.493 e. The molecule has 1 amide bonds. The fraction of sp³-hybridized carbons (Fsp3) is 0.222. The van der Waals surface area contributed by atoms with Crippen molar-refractivity contribution >= 4 is 17.6 Å². The van der Waals surface area contributed by atoms with Gasteiger partial charge in [-0.15, -0.1) is 0 Å². The fourth-order valence-electron chi connectivity index (χ4n) is 2.09. The van der Waals surface area contributed by atoms with Crippen LogP contribution < -0.4 is 19.5 Å². The summed E-state index contributed by atoms with van der Waals surface area (Å²) >= 11 is 0. The molecule has 6 heteroatoms. The highest BCUT2D eigenvalue weighted by Crippen LogP contribution is 2.29. The van der Waals surface area contributed by atoms with Gasteiger partial charge >= 0.3 is 5.97 Å². The Bertz CT molecular complexity index is 742. The maximum atomic E-state index is 12.4. The number of hydrogen-bond acceptors (Lipinski definition) is 5. The first-order chi connectivity index (χ1) is 11.5. The highest BCUT2D eigenvalue weighted by atomic mass is 16.6. The van der Waals surface area contributed by atoms with Crippen LogP contribution in [0.25, 0.3) is 0 Å². The third-order valence-corrected chi connectivity index (χ3v) is 3.11. The van der Waals surface area contributed by atoms with Crippen LogP contribution in [0.1, 0.15) is 24.2 Å². The molecule has 0 bridgehead atoms. The Morgan fingerprint density at radius 1 is 1.04 bits per heavy atom. The van der Waals surface area contributed by atoms with Crippen molar-refractivity contribution < 1.29 is 23.8 Å². The zero-order valence-electron chi connectivity index (χ0n) is 13.8. The molecule has 0 heterocycles. The summed E-state index contributed by atoms with van der Waals surface area (Å²) in [6.07, 6.45) is 0. The van der Waals surface area contributed by atoms with Crippen molar-refractivity contribution in [3.63, 3.8) is 0 Å². The second-order valence-electron chi connectivity index (χ2n) is 4.84. The summed E-state index contributed by atoms with van der Waals surface area (Å²) in [5.41, 5.74) is 0.946. The summed E-state index contributed by atoms with van der Waals surface area (Å²) in [6.45, 7) is 3.67. The molecule has 0 atom stereocenters. The van der Waals surface area contributed by atoms with E-state index in [0.29, 0.717) is 29.4 Å². The van der Waals surface area contributed by atoms with Crippen LogP contribution in [0.5, 0.6) is 17.2 Å². The molecule has 0 aromatic heterocycles. The summed E-state index contributed by atoms with van der Waals surface area (Å²) in [7, 11) is 1.44. The molecule has 24 heavy (non-hydrogen) atoms. The highest BCUT2D eigenvalue weighted by molar-refractivity contribution is 6.05. The van der Waals surface area contributed by atoms with Gasteiger partial charge in [0.05, 0.1) is 19.4 Å². The Morgan fingerprint density at radius 2 is 1.79 bits per heavy atom. The van der Waals surface area contributed by atoms with E-state index in [4.69, 9.17) is 14.2 Å². The maximum Gasteiger partial charge on any atom is 0.308 e. The van der Waals surface area contributed by atoms with E-state index >= 15 is 0 Å². The van der Waals surface area contributed by atoms with Crippen LogP contribution >= 0.6 is 0 Å². The number of ether oxygens (including phenoxy) is 3. The molecule has 0 unspecified atom stereocenters. The normalized spacial score (nSPS) is 9.96. The van der Waals surface area contributed by atoms with Crippen molar-refractivity contribution in [2.45, 2.75) is 13.8 Å². The molecule has 0 spiro atoms. The van der Waals surface area contributed by atoms with Gasteiger partial charge in [-0.2, -0.15) is 0 Å². The third-order valence-electron chi connectivity index (χ3n) is 3.11. The molecule has 0 aliphatic rings. The number of carbonyl (C=O) groups excluding carboxylic acids is 2. The van der Waals surface area contributed by atoms with E-state index in [1.54, 1.807) is 18.2 Å². The number of benzene rings is 2. The van der Waals surface area contributed by atoms with Crippen LogP contribution in [-0.2, 0) is 4.79 Å². The Balaban J connectivity index is 2.22. The van der Waals surface area contributed by atoms with Gasteiger partial charge in [-0.05, 0) is 37.3 Å². The van der Waals surface area contributed by atoms with E-state index < -0.39 is 5.97 Å². The minimum atomic E-state index is -0.462. The van der Waals surface area contributed by atoms with Gasteiger partial charge in [-0.3, -0.25) is 9.59 Å². The topological polar surface area (TPSA) is 73.9 Å². The van der Waals surface area contributed by atoms with Crippen LogP contribution in [0.3, 0.4) is 0 Å². The van der Waals surface area contributed by atoms with Crippen LogP contribution in [0.15, 0.2) is 42.5 Å². The molecule has 6 nitrogen and oxygen atoms in total. The predicted octanol–water partition coefficient (Wildman–Crippen LogP) is 3.27. The van der Waals surface area contributed by atoms with Crippen molar-refractivity contribution in [1.29, 1.82) is 0 Å². The van der Waals surface area contributed by atoms with Crippen molar-refractivity contribution in [3.8, 4) is 17.2 Å². The molecule has 0 saturated heterocycles. The van der Waals surface area contributed by atoms with Gasteiger partial charge in [0.15, 0.2) is 11.5 Å². The largest absolute Gasteiger partial charge is 0.493 e. The summed E-state index contributed by atoms with van der Waals surface area (Å²) in [4.78, 5) is 23.5. The van der Waals surface area contributed by atoms with E-state index in [-0.39, 0.29) is 11.7 Å². The third kappa shape index (κ3) is 4.25. The fourth-order valence-corrected chi connectivity index (χ4v) is 2.09. The van der Waals surface area contributed by atoms with Gasteiger partial charge < -0.3 is 19.5 Å². The van der Waals surface area contributed by atoms with Gasteiger partial charge in [-0.25, -0.2) is 0 Å². The standard InChI is InChI=1S/C18H19NO5/c1-4-23-15-8-6-5-7-14(15)19-18(21)13-9-10-16(24-12(2)20)17(11-13)22-3/h5-11H,4H2,1-3H3,(H,19,21). The van der Waals surface area contributed by atoms with Crippen molar-refractivity contribution in [2.75, 3.05) is 19.0 Å². The lowest BCUT2D eigenvalue weighted by Crippen LogP contribution is -2.13. The van der Waals surface area contributed by atoms with Gasteiger partial charge in [0.1, 0.15) is 5.75 Å². The van der Waals surface area contributed by atoms with Crippen LogP contribution in [-0.4, -0.2) is 25.6 Å². The average molecular weight is 329 g/mol. The second-order valence-corrected chi connectivity index (χ2v) is 4.84. The van der Waals surface area contributed by atoms with Gasteiger partial charge in [0.25, 0.3) is 5.91 Å². The van der Waals surface area contributed by atoms with Crippen LogP contribution in [0.4, 0.5) is 5.69 Å². The zero-order valence-corrected chi connectivity index (χ0v) is 13.8. The molecular weight excluding hydrogens is 310 g/mol. The minimum absolute atomic E-state index is 0.260. The van der Waals surface area contributed by atoms with Crippen LogP contribution in [0.2, 0.25) is 0 Å². The number of carbonyl (C=O) groups is 2. The van der Waals surface area contributed by atoms with Crippen molar-refractivity contribution in [2.24, 2.45) is 0 Å². The lowest BCUT2D eigenvalue weighted by Gasteiger charge is -2.12. The second kappa shape index (κ2) is 8.01. The molecule has 126 valence electrons. The van der Waals surface area contributed by atoms with E-state index in [1.807, 2.05) is 19.1 Å². The summed E-state index contributed by atoms with van der Waals surface area (Å²) < 4.78 is 15.7. The zero-order chi connectivity index (χ0) is 17.5. The van der Waals surface area contributed by atoms with E-state index in [9.17, 15) is 9.59 Å². The van der Waals surface area contributed by atoms with E-state index in [2.05, 4.69) is 5.32 Å². The van der Waals surface area contributed by atoms with Crippen molar-refractivity contribution in [1.82, 2.24) is 0 Å². The first kappa shape index (κ1) is 17.3. The van der Waals surface area contributed by atoms with Crippen LogP contribution in [0, 0.1) is 0 Å².